The average molecular weight is 367 g/mol. The molecule has 0 heterocycles. The molecule has 2 aromatic rings. The topological polar surface area (TPSA) is 87.9 Å². The molecule has 0 aromatic heterocycles. The van der Waals surface area contributed by atoms with Gasteiger partial charge in [-0.05, 0) is 18.1 Å². The lowest BCUT2D eigenvalue weighted by Crippen LogP contribution is -2.11. The molecule has 0 bridgehead atoms. The fourth-order valence-corrected chi connectivity index (χ4v) is 2.20. The van der Waals surface area contributed by atoms with Crippen LogP contribution in [-0.2, 0) is 11.3 Å². The number of nitro groups is 1. The second kappa shape index (κ2) is 8.24. The largest absolute Gasteiger partial charge is 0.493 e. The summed E-state index contributed by atoms with van der Waals surface area (Å²) in [6, 6.07) is 8.80. The minimum Gasteiger partial charge on any atom is -0.493 e. The van der Waals surface area contributed by atoms with Crippen LogP contribution in [0.2, 0.25) is 0 Å². The number of benzene rings is 2. The van der Waals surface area contributed by atoms with Gasteiger partial charge in [-0.3, -0.25) is 10.1 Å². The number of hydrogen-bond donors (Lipinski definition) is 0. The summed E-state index contributed by atoms with van der Waals surface area (Å²) in [7, 11) is 1.15. The molecule has 2 rings (SSSR count). The maximum absolute atomic E-state index is 12.4. The molecule has 0 spiro atoms. The number of aryl methyl sites for hydroxylation is 1. The van der Waals surface area contributed by atoms with Gasteiger partial charge >= 0.3 is 12.6 Å². The van der Waals surface area contributed by atoms with Gasteiger partial charge in [0.2, 0.25) is 0 Å². The third kappa shape index (κ3) is 4.44. The lowest BCUT2D eigenvalue weighted by molar-refractivity contribution is -0.385. The number of methoxy groups -OCH3 is 1. The Balaban J connectivity index is 2.32. The molecule has 0 unspecified atom stereocenters. The Kier molecular flexibility index (Phi) is 6.05. The van der Waals surface area contributed by atoms with E-state index in [9.17, 15) is 23.7 Å². The van der Waals surface area contributed by atoms with E-state index < -0.39 is 34.5 Å². The molecule has 0 N–H and O–H groups in total. The normalized spacial score (nSPS) is 10.5. The van der Waals surface area contributed by atoms with Crippen LogP contribution in [0.4, 0.5) is 14.5 Å². The smallest absolute Gasteiger partial charge is 0.387 e. The zero-order valence-corrected chi connectivity index (χ0v) is 13.9. The Bertz CT molecular complexity index is 825. The maximum atomic E-state index is 12.4. The minimum atomic E-state index is -3.21. The number of nitro benzene ring substituents is 1. The highest BCUT2D eigenvalue weighted by molar-refractivity contribution is 5.95. The minimum absolute atomic E-state index is 0.0970. The summed E-state index contributed by atoms with van der Waals surface area (Å²) < 4.78 is 39.0. The van der Waals surface area contributed by atoms with Gasteiger partial charge in [0.15, 0.2) is 11.5 Å². The van der Waals surface area contributed by atoms with Crippen molar-refractivity contribution in [3.8, 4) is 11.5 Å². The lowest BCUT2D eigenvalue weighted by atomic mass is 10.1. The van der Waals surface area contributed by atoms with E-state index in [0.717, 1.165) is 24.3 Å². The van der Waals surface area contributed by atoms with Crippen LogP contribution in [-0.4, -0.2) is 24.6 Å². The van der Waals surface area contributed by atoms with Gasteiger partial charge in [0.05, 0.1) is 18.1 Å². The van der Waals surface area contributed by atoms with Gasteiger partial charge in [0, 0.05) is 6.07 Å². The molecular weight excluding hydrogens is 352 g/mol. The van der Waals surface area contributed by atoms with Crippen molar-refractivity contribution >= 4 is 11.7 Å². The molecule has 0 radical (unpaired) electrons. The lowest BCUT2D eigenvalue weighted by Gasteiger charge is -2.12. The van der Waals surface area contributed by atoms with Crippen molar-refractivity contribution in [3.63, 3.8) is 0 Å². The average Bonchev–Trinajstić information content (AvgIpc) is 2.59. The zero-order chi connectivity index (χ0) is 19.3. The van der Waals surface area contributed by atoms with Crippen LogP contribution in [0.3, 0.4) is 0 Å². The van der Waals surface area contributed by atoms with Crippen LogP contribution in [0.25, 0.3) is 0 Å². The van der Waals surface area contributed by atoms with E-state index in [-0.39, 0.29) is 12.4 Å². The van der Waals surface area contributed by atoms with Crippen molar-refractivity contribution in [2.24, 2.45) is 0 Å². The number of carbonyl (C=O) groups excluding carboxylic acids is 1. The number of hydrogen-bond acceptors (Lipinski definition) is 6. The number of alkyl halides is 2. The van der Waals surface area contributed by atoms with Gasteiger partial charge in [-0.25, -0.2) is 4.79 Å². The SMILES string of the molecule is COc1cc(C(=O)OCc2ccccc2C)c([N+](=O)[O-])cc1OC(F)F. The van der Waals surface area contributed by atoms with E-state index in [2.05, 4.69) is 4.74 Å². The summed E-state index contributed by atoms with van der Waals surface area (Å²) in [4.78, 5) is 22.6. The van der Waals surface area contributed by atoms with Crippen LogP contribution in [0.1, 0.15) is 21.5 Å². The van der Waals surface area contributed by atoms with Crippen molar-refractivity contribution in [3.05, 3.63) is 63.2 Å². The van der Waals surface area contributed by atoms with Crippen LogP contribution in [0.15, 0.2) is 36.4 Å². The molecule has 0 atom stereocenters. The van der Waals surface area contributed by atoms with Crippen LogP contribution >= 0.6 is 0 Å². The van der Waals surface area contributed by atoms with Gasteiger partial charge in [-0.1, -0.05) is 24.3 Å². The van der Waals surface area contributed by atoms with Crippen molar-refractivity contribution in [2.75, 3.05) is 7.11 Å². The summed E-state index contributed by atoms with van der Waals surface area (Å²) in [6.07, 6.45) is 0. The van der Waals surface area contributed by atoms with E-state index in [0.29, 0.717) is 6.07 Å². The number of carbonyl (C=O) groups is 1. The quantitative estimate of drug-likeness (QED) is 0.419. The highest BCUT2D eigenvalue weighted by atomic mass is 19.3. The number of rotatable bonds is 7. The Morgan fingerprint density at radius 1 is 1.23 bits per heavy atom. The second-order valence-corrected chi connectivity index (χ2v) is 5.16. The summed E-state index contributed by atoms with van der Waals surface area (Å²) in [5.74, 6) is -1.79. The highest BCUT2D eigenvalue weighted by Gasteiger charge is 2.27. The van der Waals surface area contributed by atoms with Crippen molar-refractivity contribution in [1.82, 2.24) is 0 Å². The van der Waals surface area contributed by atoms with Crippen molar-refractivity contribution in [2.45, 2.75) is 20.1 Å². The Morgan fingerprint density at radius 3 is 2.50 bits per heavy atom. The molecule has 2 aromatic carbocycles. The zero-order valence-electron chi connectivity index (χ0n) is 13.9. The molecule has 9 heteroatoms. The van der Waals surface area contributed by atoms with E-state index in [4.69, 9.17) is 9.47 Å². The molecule has 0 saturated heterocycles. The standard InChI is InChI=1S/C17H15F2NO6/c1-10-5-3-4-6-11(10)9-25-16(21)12-7-14(24-2)15(26-17(18)19)8-13(12)20(22)23/h3-8,17H,9H2,1-2H3. The van der Waals surface area contributed by atoms with E-state index in [1.807, 2.05) is 19.1 Å². The van der Waals surface area contributed by atoms with Crippen molar-refractivity contribution in [1.29, 1.82) is 0 Å². The summed E-state index contributed by atoms with van der Waals surface area (Å²) >= 11 is 0. The highest BCUT2D eigenvalue weighted by Crippen LogP contribution is 2.36. The van der Waals surface area contributed by atoms with Crippen LogP contribution in [0, 0.1) is 17.0 Å². The molecule has 0 aliphatic heterocycles. The molecule has 0 aliphatic carbocycles. The summed E-state index contributed by atoms with van der Waals surface area (Å²) in [5, 5.41) is 11.2. The number of ether oxygens (including phenoxy) is 3. The fraction of sp³-hybridized carbons (Fsp3) is 0.235. The molecule has 0 amide bonds. The molecule has 138 valence electrons. The number of esters is 1. The first-order valence-electron chi connectivity index (χ1n) is 7.36. The third-order valence-electron chi connectivity index (χ3n) is 3.53. The third-order valence-corrected chi connectivity index (χ3v) is 3.53. The van der Waals surface area contributed by atoms with Gasteiger partial charge in [0.25, 0.3) is 5.69 Å². The van der Waals surface area contributed by atoms with Gasteiger partial charge in [0.1, 0.15) is 12.2 Å². The second-order valence-electron chi connectivity index (χ2n) is 5.16. The first kappa shape index (κ1) is 19.1. The van der Waals surface area contributed by atoms with Crippen molar-refractivity contribution < 1.29 is 32.7 Å². The molecule has 0 aliphatic rings. The van der Waals surface area contributed by atoms with Gasteiger partial charge < -0.3 is 14.2 Å². The monoisotopic (exact) mass is 367 g/mol. The fourth-order valence-electron chi connectivity index (χ4n) is 2.20. The van der Waals surface area contributed by atoms with Gasteiger partial charge in [-0.15, -0.1) is 0 Å². The Morgan fingerprint density at radius 2 is 1.92 bits per heavy atom. The predicted molar refractivity (Wildman–Crippen MR) is 86.6 cm³/mol. The predicted octanol–water partition coefficient (Wildman–Crippen LogP) is 3.87. The molecule has 0 saturated carbocycles. The molecule has 0 fully saturated rings. The van der Waals surface area contributed by atoms with E-state index in [1.54, 1.807) is 12.1 Å². The first-order chi connectivity index (χ1) is 12.3. The maximum Gasteiger partial charge on any atom is 0.387 e. The molecule has 26 heavy (non-hydrogen) atoms. The summed E-state index contributed by atoms with van der Waals surface area (Å²) in [5.41, 5.74) is 0.458. The number of nitrogens with zero attached hydrogens (tertiary/aromatic N) is 1. The molecule has 7 nitrogen and oxygen atoms in total. The van der Waals surface area contributed by atoms with Crippen LogP contribution in [0.5, 0.6) is 11.5 Å². The summed E-state index contributed by atoms with van der Waals surface area (Å²) in [6.45, 7) is -1.48. The first-order valence-corrected chi connectivity index (χ1v) is 7.36. The van der Waals surface area contributed by atoms with E-state index in [1.165, 1.54) is 0 Å². The van der Waals surface area contributed by atoms with Gasteiger partial charge in [-0.2, -0.15) is 8.78 Å². The van der Waals surface area contributed by atoms with Crippen LogP contribution < -0.4 is 9.47 Å². The number of halogens is 2. The van der Waals surface area contributed by atoms with E-state index >= 15 is 0 Å². The molecular formula is C17H15F2NO6. The Hall–Kier alpha value is -3.23. The Labute approximate surface area is 147 Å².